The highest BCUT2D eigenvalue weighted by molar-refractivity contribution is 5.79. The van der Waals surface area contributed by atoms with E-state index in [-0.39, 0.29) is 17.4 Å². The molecule has 3 heteroatoms. The molecular weight excluding hydrogens is 310 g/mol. The van der Waals surface area contributed by atoms with Crippen LogP contribution in [-0.2, 0) is 16.8 Å². The Labute approximate surface area is 150 Å². The normalized spacial score (nSPS) is 17.8. The van der Waals surface area contributed by atoms with Crippen molar-refractivity contribution in [3.63, 3.8) is 0 Å². The van der Waals surface area contributed by atoms with Crippen LogP contribution >= 0.6 is 0 Å². The second-order valence-electron chi connectivity index (χ2n) is 7.80. The van der Waals surface area contributed by atoms with Gasteiger partial charge in [-0.2, -0.15) is 0 Å². The number of amides is 1. The fourth-order valence-electron chi connectivity index (χ4n) is 3.41. The summed E-state index contributed by atoms with van der Waals surface area (Å²) in [5, 5.41) is 0. The van der Waals surface area contributed by atoms with Gasteiger partial charge in [0.1, 0.15) is 5.75 Å². The highest BCUT2D eigenvalue weighted by Crippen LogP contribution is 2.35. The van der Waals surface area contributed by atoms with Crippen molar-refractivity contribution < 1.29 is 9.53 Å². The second-order valence-corrected chi connectivity index (χ2v) is 7.80. The number of rotatable bonds is 4. The third kappa shape index (κ3) is 3.87. The Morgan fingerprint density at radius 3 is 2.24 bits per heavy atom. The molecule has 1 heterocycles. The van der Waals surface area contributed by atoms with Crippen molar-refractivity contribution >= 4 is 5.91 Å². The van der Waals surface area contributed by atoms with Gasteiger partial charge in [-0.1, -0.05) is 57.2 Å². The number of benzene rings is 2. The van der Waals surface area contributed by atoms with Gasteiger partial charge in [0.15, 0.2) is 0 Å². The van der Waals surface area contributed by atoms with Crippen molar-refractivity contribution in [1.82, 2.24) is 4.90 Å². The summed E-state index contributed by atoms with van der Waals surface area (Å²) in [6.45, 7) is 7.31. The lowest BCUT2D eigenvalue weighted by molar-refractivity contribution is -0.129. The van der Waals surface area contributed by atoms with E-state index in [9.17, 15) is 4.79 Å². The molecule has 0 saturated carbocycles. The lowest BCUT2D eigenvalue weighted by atomic mass is 9.86. The van der Waals surface area contributed by atoms with Crippen molar-refractivity contribution in [2.75, 3.05) is 7.11 Å². The number of likely N-dealkylation sites (tertiary alicyclic amines) is 1. The summed E-state index contributed by atoms with van der Waals surface area (Å²) in [6.07, 6.45) is 1.52. The summed E-state index contributed by atoms with van der Waals surface area (Å²) in [5.41, 5.74) is 3.83. The molecular formula is C22H27NO2. The Kier molecular flexibility index (Phi) is 4.85. The van der Waals surface area contributed by atoms with Crippen LogP contribution in [0.25, 0.3) is 0 Å². The summed E-state index contributed by atoms with van der Waals surface area (Å²) in [6, 6.07) is 16.9. The molecule has 1 saturated heterocycles. The van der Waals surface area contributed by atoms with Crippen molar-refractivity contribution in [2.45, 2.75) is 51.6 Å². The summed E-state index contributed by atoms with van der Waals surface area (Å²) < 4.78 is 5.21. The van der Waals surface area contributed by atoms with E-state index in [2.05, 4.69) is 45.0 Å². The molecule has 0 aliphatic carbocycles. The Morgan fingerprint density at radius 2 is 1.68 bits per heavy atom. The van der Waals surface area contributed by atoms with E-state index < -0.39 is 0 Å². The van der Waals surface area contributed by atoms with Crippen molar-refractivity contribution in [1.29, 1.82) is 0 Å². The SMILES string of the molecule is COc1ccc(CN2C(=O)CCC2c2ccc(C(C)(C)C)cc2)cc1. The molecule has 132 valence electrons. The van der Waals surface area contributed by atoms with Gasteiger partial charge >= 0.3 is 0 Å². The average Bonchev–Trinajstić information content (AvgIpc) is 2.96. The standard InChI is InChI=1S/C22H27NO2/c1-22(2,3)18-9-7-17(8-10-18)20-13-14-21(24)23(20)15-16-5-11-19(25-4)12-6-16/h5-12,20H,13-15H2,1-4H3. The van der Waals surface area contributed by atoms with Gasteiger partial charge in [-0.15, -0.1) is 0 Å². The van der Waals surface area contributed by atoms with E-state index in [4.69, 9.17) is 4.74 Å². The Bertz CT molecular complexity index is 726. The van der Waals surface area contributed by atoms with Crippen LogP contribution in [0.5, 0.6) is 5.75 Å². The quantitative estimate of drug-likeness (QED) is 0.797. The van der Waals surface area contributed by atoms with Gasteiger partial charge in [-0.25, -0.2) is 0 Å². The van der Waals surface area contributed by atoms with E-state index >= 15 is 0 Å². The molecule has 1 unspecified atom stereocenters. The van der Waals surface area contributed by atoms with E-state index in [0.29, 0.717) is 13.0 Å². The molecule has 2 aromatic carbocycles. The predicted molar refractivity (Wildman–Crippen MR) is 101 cm³/mol. The van der Waals surface area contributed by atoms with Crippen LogP contribution in [0.2, 0.25) is 0 Å². The fraction of sp³-hybridized carbons (Fsp3) is 0.409. The van der Waals surface area contributed by atoms with Crippen LogP contribution in [0.1, 0.15) is 56.3 Å². The molecule has 1 fully saturated rings. The van der Waals surface area contributed by atoms with Gasteiger partial charge < -0.3 is 9.64 Å². The molecule has 0 N–H and O–H groups in total. The minimum Gasteiger partial charge on any atom is -0.497 e. The van der Waals surface area contributed by atoms with Crippen LogP contribution < -0.4 is 4.74 Å². The third-order valence-electron chi connectivity index (χ3n) is 5.00. The molecule has 0 spiro atoms. The van der Waals surface area contributed by atoms with Gasteiger partial charge in [0.25, 0.3) is 0 Å². The Hall–Kier alpha value is -2.29. The van der Waals surface area contributed by atoms with Crippen LogP contribution in [-0.4, -0.2) is 17.9 Å². The summed E-state index contributed by atoms with van der Waals surface area (Å²) in [7, 11) is 1.66. The van der Waals surface area contributed by atoms with Gasteiger partial charge in [0, 0.05) is 13.0 Å². The van der Waals surface area contributed by atoms with Gasteiger partial charge in [0.05, 0.1) is 13.2 Å². The molecule has 0 radical (unpaired) electrons. The average molecular weight is 337 g/mol. The maximum absolute atomic E-state index is 12.4. The number of hydrogen-bond donors (Lipinski definition) is 0. The summed E-state index contributed by atoms with van der Waals surface area (Å²) in [5.74, 6) is 1.08. The molecule has 3 nitrogen and oxygen atoms in total. The number of hydrogen-bond acceptors (Lipinski definition) is 2. The first-order chi connectivity index (χ1) is 11.9. The first-order valence-electron chi connectivity index (χ1n) is 8.91. The number of methoxy groups -OCH3 is 1. The van der Waals surface area contributed by atoms with E-state index in [0.717, 1.165) is 17.7 Å². The molecule has 1 amide bonds. The van der Waals surface area contributed by atoms with Crippen LogP contribution in [0, 0.1) is 0 Å². The molecule has 1 atom stereocenters. The maximum Gasteiger partial charge on any atom is 0.223 e. The van der Waals surface area contributed by atoms with E-state index in [1.54, 1.807) is 7.11 Å². The van der Waals surface area contributed by atoms with Crippen LogP contribution in [0.15, 0.2) is 48.5 Å². The number of carbonyl (C=O) groups is 1. The molecule has 0 bridgehead atoms. The summed E-state index contributed by atoms with van der Waals surface area (Å²) >= 11 is 0. The monoisotopic (exact) mass is 337 g/mol. The Balaban J connectivity index is 1.79. The zero-order valence-electron chi connectivity index (χ0n) is 15.6. The van der Waals surface area contributed by atoms with Gasteiger partial charge in [0.2, 0.25) is 5.91 Å². The predicted octanol–water partition coefficient (Wildman–Crippen LogP) is 4.86. The largest absolute Gasteiger partial charge is 0.497 e. The molecule has 2 aromatic rings. The van der Waals surface area contributed by atoms with E-state index in [1.807, 2.05) is 29.2 Å². The molecule has 0 aromatic heterocycles. The smallest absolute Gasteiger partial charge is 0.223 e. The maximum atomic E-state index is 12.4. The minimum absolute atomic E-state index is 0.146. The van der Waals surface area contributed by atoms with Crippen molar-refractivity contribution in [3.8, 4) is 5.75 Å². The third-order valence-corrected chi connectivity index (χ3v) is 5.00. The number of carbonyl (C=O) groups excluding carboxylic acids is 1. The molecule has 3 rings (SSSR count). The van der Waals surface area contributed by atoms with E-state index in [1.165, 1.54) is 11.1 Å². The van der Waals surface area contributed by atoms with Crippen LogP contribution in [0.3, 0.4) is 0 Å². The number of nitrogens with zero attached hydrogens (tertiary/aromatic N) is 1. The topological polar surface area (TPSA) is 29.5 Å². The lowest BCUT2D eigenvalue weighted by Gasteiger charge is -2.26. The Morgan fingerprint density at radius 1 is 1.04 bits per heavy atom. The number of ether oxygens (including phenoxy) is 1. The second kappa shape index (κ2) is 6.91. The summed E-state index contributed by atoms with van der Waals surface area (Å²) in [4.78, 5) is 14.4. The minimum atomic E-state index is 0.146. The zero-order valence-corrected chi connectivity index (χ0v) is 15.6. The fourth-order valence-corrected chi connectivity index (χ4v) is 3.41. The first kappa shape index (κ1) is 17.5. The van der Waals surface area contributed by atoms with Gasteiger partial charge in [-0.3, -0.25) is 4.79 Å². The highest BCUT2D eigenvalue weighted by atomic mass is 16.5. The highest BCUT2D eigenvalue weighted by Gasteiger charge is 2.32. The first-order valence-corrected chi connectivity index (χ1v) is 8.91. The lowest BCUT2D eigenvalue weighted by Crippen LogP contribution is -2.27. The molecule has 1 aliphatic heterocycles. The molecule has 25 heavy (non-hydrogen) atoms. The zero-order chi connectivity index (χ0) is 18.0. The van der Waals surface area contributed by atoms with Crippen molar-refractivity contribution in [3.05, 3.63) is 65.2 Å². The van der Waals surface area contributed by atoms with Crippen molar-refractivity contribution in [2.24, 2.45) is 0 Å². The van der Waals surface area contributed by atoms with Crippen LogP contribution in [0.4, 0.5) is 0 Å². The molecule has 1 aliphatic rings. The van der Waals surface area contributed by atoms with Gasteiger partial charge in [-0.05, 0) is 40.7 Å².